The number of halogens is 1. The number of rotatable bonds is 9. The summed E-state index contributed by atoms with van der Waals surface area (Å²) < 4.78 is 24.9. The zero-order valence-corrected chi connectivity index (χ0v) is 21.2. The van der Waals surface area contributed by atoms with E-state index in [4.69, 9.17) is 9.47 Å². The topological polar surface area (TPSA) is 71.1 Å². The highest BCUT2D eigenvalue weighted by atomic mass is 19.1. The predicted octanol–water partition coefficient (Wildman–Crippen LogP) is 3.23. The molecule has 7 nitrogen and oxygen atoms in total. The lowest BCUT2D eigenvalue weighted by molar-refractivity contribution is -0.124. The van der Waals surface area contributed by atoms with E-state index in [1.165, 1.54) is 12.1 Å². The van der Waals surface area contributed by atoms with Crippen molar-refractivity contribution in [2.75, 3.05) is 52.5 Å². The number of benzene rings is 2. The minimum Gasteiger partial charge on any atom is -0.490 e. The molecule has 0 spiro atoms. The lowest BCUT2D eigenvalue weighted by Gasteiger charge is -2.34. The molecule has 4 rings (SSSR count). The molecule has 2 aromatic rings. The van der Waals surface area contributed by atoms with E-state index in [1.807, 2.05) is 18.2 Å². The van der Waals surface area contributed by atoms with Crippen LogP contribution in [0, 0.1) is 11.7 Å². The first-order chi connectivity index (χ1) is 17.4. The average molecular weight is 498 g/mol. The first-order valence-corrected chi connectivity index (χ1v) is 12.8. The smallest absolute Gasteiger partial charge is 0.234 e. The number of piperazine rings is 1. The van der Waals surface area contributed by atoms with Crippen LogP contribution in [0.1, 0.15) is 37.4 Å². The number of hydrogen-bond donors (Lipinski definition) is 1. The maximum absolute atomic E-state index is 13.4. The van der Waals surface area contributed by atoms with Gasteiger partial charge in [0.25, 0.3) is 0 Å². The van der Waals surface area contributed by atoms with Gasteiger partial charge >= 0.3 is 0 Å². The molecule has 8 heteroatoms. The summed E-state index contributed by atoms with van der Waals surface area (Å²) in [7, 11) is 0. The number of ketones is 1. The number of carbonyl (C=O) groups is 2. The summed E-state index contributed by atoms with van der Waals surface area (Å²) in [5.74, 6) is 1.42. The highest BCUT2D eigenvalue weighted by Gasteiger charge is 2.24. The number of hydrogen-bond acceptors (Lipinski definition) is 6. The van der Waals surface area contributed by atoms with Gasteiger partial charge in [0.2, 0.25) is 5.91 Å². The fourth-order valence-corrected chi connectivity index (χ4v) is 4.72. The summed E-state index contributed by atoms with van der Waals surface area (Å²) in [6.07, 6.45) is 1.08. The molecule has 1 fully saturated rings. The molecular weight excluding hydrogens is 461 g/mol. The molecule has 0 bridgehead atoms. The molecule has 2 heterocycles. The molecule has 0 aromatic heterocycles. The Morgan fingerprint density at radius 2 is 1.64 bits per heavy atom. The Labute approximate surface area is 212 Å². The van der Waals surface area contributed by atoms with Crippen molar-refractivity contribution in [3.05, 3.63) is 59.4 Å². The molecule has 36 heavy (non-hydrogen) atoms. The monoisotopic (exact) mass is 497 g/mol. The summed E-state index contributed by atoms with van der Waals surface area (Å²) in [6, 6.07) is 12.0. The number of nitrogens with one attached hydrogen (secondary N) is 1. The summed E-state index contributed by atoms with van der Waals surface area (Å²) in [5.41, 5.74) is 1.70. The van der Waals surface area contributed by atoms with Crippen LogP contribution < -0.4 is 14.8 Å². The van der Waals surface area contributed by atoms with Crippen molar-refractivity contribution in [2.45, 2.75) is 32.7 Å². The van der Waals surface area contributed by atoms with Crippen LogP contribution in [0.2, 0.25) is 0 Å². The summed E-state index contributed by atoms with van der Waals surface area (Å²) in [4.78, 5) is 29.6. The lowest BCUT2D eigenvalue weighted by Crippen LogP contribution is -2.51. The van der Waals surface area contributed by atoms with Crippen LogP contribution in [0.5, 0.6) is 11.5 Å². The average Bonchev–Trinajstić information content (AvgIpc) is 3.08. The lowest BCUT2D eigenvalue weighted by atomic mass is 9.95. The fraction of sp³-hybridized carbons (Fsp3) is 0.500. The van der Waals surface area contributed by atoms with Crippen LogP contribution in [-0.2, 0) is 16.0 Å². The van der Waals surface area contributed by atoms with Crippen LogP contribution in [0.3, 0.4) is 0 Å². The Kier molecular flexibility index (Phi) is 8.93. The van der Waals surface area contributed by atoms with Crippen LogP contribution in [0.15, 0.2) is 42.5 Å². The quantitative estimate of drug-likeness (QED) is 0.574. The molecule has 1 atom stereocenters. The maximum Gasteiger partial charge on any atom is 0.234 e. The van der Waals surface area contributed by atoms with Crippen molar-refractivity contribution in [1.82, 2.24) is 15.1 Å². The predicted molar refractivity (Wildman–Crippen MR) is 136 cm³/mol. The van der Waals surface area contributed by atoms with Crippen LogP contribution in [0.25, 0.3) is 0 Å². The molecule has 1 N–H and O–H groups in total. The second kappa shape index (κ2) is 12.3. The molecule has 1 saturated heterocycles. The summed E-state index contributed by atoms with van der Waals surface area (Å²) >= 11 is 0. The highest BCUT2D eigenvalue weighted by molar-refractivity contribution is 5.82. The van der Waals surface area contributed by atoms with E-state index in [9.17, 15) is 14.0 Å². The van der Waals surface area contributed by atoms with E-state index in [0.29, 0.717) is 31.9 Å². The Bertz CT molecular complexity index is 1050. The molecule has 0 aliphatic carbocycles. The van der Waals surface area contributed by atoms with E-state index in [0.717, 1.165) is 49.7 Å². The Morgan fingerprint density at radius 1 is 0.944 bits per heavy atom. The normalized spacial score (nSPS) is 17.4. The third-order valence-electron chi connectivity index (χ3n) is 6.64. The van der Waals surface area contributed by atoms with Gasteiger partial charge < -0.3 is 14.8 Å². The van der Waals surface area contributed by atoms with Crippen LogP contribution in [0.4, 0.5) is 4.39 Å². The molecule has 194 valence electrons. The van der Waals surface area contributed by atoms with Crippen LogP contribution in [-0.4, -0.2) is 74.0 Å². The minimum atomic E-state index is -0.323. The fourth-order valence-electron chi connectivity index (χ4n) is 4.72. The Morgan fingerprint density at radius 3 is 2.33 bits per heavy atom. The van der Waals surface area contributed by atoms with Crippen LogP contribution >= 0.6 is 0 Å². The third-order valence-corrected chi connectivity index (χ3v) is 6.64. The van der Waals surface area contributed by atoms with E-state index in [-0.39, 0.29) is 35.9 Å². The van der Waals surface area contributed by atoms with Gasteiger partial charge in [0.1, 0.15) is 5.82 Å². The molecule has 0 saturated carbocycles. The SMILES string of the molecule is CC(C)[C@@H](NC(=O)CN1CCN(CC(=O)Cc2cccc(F)c2)CC1)c1ccc2c(c1)OCCCO2. The molecule has 2 aliphatic heterocycles. The van der Waals surface area contributed by atoms with Crippen molar-refractivity contribution in [2.24, 2.45) is 5.92 Å². The first kappa shape index (κ1) is 26.1. The maximum atomic E-state index is 13.4. The number of nitrogens with zero attached hydrogens (tertiary/aromatic N) is 2. The van der Waals surface area contributed by atoms with Crippen molar-refractivity contribution in [3.8, 4) is 11.5 Å². The van der Waals surface area contributed by atoms with Gasteiger partial charge in [-0.2, -0.15) is 0 Å². The van der Waals surface area contributed by atoms with E-state index < -0.39 is 0 Å². The molecule has 2 aromatic carbocycles. The van der Waals surface area contributed by atoms with Gasteiger partial charge in [-0.05, 0) is 41.3 Å². The zero-order valence-electron chi connectivity index (χ0n) is 21.2. The van der Waals surface area contributed by atoms with Gasteiger partial charge in [-0.1, -0.05) is 32.0 Å². The Balaban J connectivity index is 1.25. The number of Topliss-reactive ketones (excluding diaryl/α,β-unsaturated/α-hetero) is 1. The van der Waals surface area contributed by atoms with Gasteiger partial charge in [-0.15, -0.1) is 0 Å². The van der Waals surface area contributed by atoms with Crippen molar-refractivity contribution in [1.29, 1.82) is 0 Å². The van der Waals surface area contributed by atoms with Crippen molar-refractivity contribution >= 4 is 11.7 Å². The largest absolute Gasteiger partial charge is 0.490 e. The molecular formula is C28H36FN3O4. The van der Waals surface area contributed by atoms with Gasteiger partial charge in [0.15, 0.2) is 17.3 Å². The van der Waals surface area contributed by atoms with Gasteiger partial charge in [-0.3, -0.25) is 19.4 Å². The van der Waals surface area contributed by atoms with E-state index >= 15 is 0 Å². The van der Waals surface area contributed by atoms with Gasteiger partial charge in [0.05, 0.1) is 32.3 Å². The van der Waals surface area contributed by atoms with Crippen molar-refractivity contribution < 1.29 is 23.5 Å². The summed E-state index contributed by atoms with van der Waals surface area (Å²) in [5, 5.41) is 3.20. The molecule has 0 radical (unpaired) electrons. The second-order valence-corrected chi connectivity index (χ2v) is 9.94. The second-order valence-electron chi connectivity index (χ2n) is 9.94. The molecule has 1 amide bonds. The van der Waals surface area contributed by atoms with Crippen molar-refractivity contribution in [3.63, 3.8) is 0 Å². The Hall–Kier alpha value is -2.97. The first-order valence-electron chi connectivity index (χ1n) is 12.8. The van der Waals surface area contributed by atoms with E-state index in [1.54, 1.807) is 12.1 Å². The number of carbonyl (C=O) groups excluding carboxylic acids is 2. The molecule has 0 unspecified atom stereocenters. The van der Waals surface area contributed by atoms with Gasteiger partial charge in [0, 0.05) is 39.0 Å². The third kappa shape index (κ3) is 7.27. The van der Waals surface area contributed by atoms with E-state index in [2.05, 4.69) is 29.0 Å². The zero-order chi connectivity index (χ0) is 25.5. The minimum absolute atomic E-state index is 0.0172. The number of ether oxygens (including phenoxy) is 2. The standard InChI is InChI=1S/C28H36FN3O4/c1-20(2)28(22-7-8-25-26(17-22)36-14-4-13-35-25)30-27(34)19-32-11-9-31(10-12-32)18-24(33)16-21-5-3-6-23(29)15-21/h3,5-8,15,17,20,28H,4,9-14,16,18-19H2,1-2H3,(H,30,34)/t28-/m1/s1. The number of amides is 1. The highest BCUT2D eigenvalue weighted by Crippen LogP contribution is 2.34. The molecule has 2 aliphatic rings. The number of fused-ring (bicyclic) bond motifs is 1. The summed E-state index contributed by atoms with van der Waals surface area (Å²) in [6.45, 7) is 8.99. The van der Waals surface area contributed by atoms with Gasteiger partial charge in [-0.25, -0.2) is 4.39 Å².